The second-order valence-corrected chi connectivity index (χ2v) is 8.16. The van der Waals surface area contributed by atoms with Gasteiger partial charge < -0.3 is 86.2 Å². The third kappa shape index (κ3) is 157. The predicted octanol–water partition coefficient (Wildman–Crippen LogP) is -10.1. The summed E-state index contributed by atoms with van der Waals surface area (Å²) in [6, 6.07) is 21.9. The largest absolute Gasteiger partial charge is 1.00 e. The topological polar surface area (TPSA) is 277 Å². The molecule has 0 N–H and O–H groups in total. The zero-order valence-corrected chi connectivity index (χ0v) is 45.5. The molecule has 2 rings (SSSR count). The van der Waals surface area contributed by atoms with E-state index in [1.807, 2.05) is 0 Å². The summed E-state index contributed by atoms with van der Waals surface area (Å²) in [7, 11) is -19.2. The normalized spacial score (nSPS) is 6.49. The molecule has 0 unspecified atom stereocenters. The summed E-state index contributed by atoms with van der Waals surface area (Å²) in [5.74, 6) is 0. The average Bonchev–Trinajstić information content (AvgIpc) is 2.79. The Morgan fingerprint density at radius 1 is 0.377 bits per heavy atom. The zero-order valence-electron chi connectivity index (χ0n) is 25.0. The molecule has 0 aliphatic carbocycles. The molecule has 0 aromatic heterocycles. The summed E-state index contributed by atoms with van der Waals surface area (Å²) in [6.45, 7) is 2.27. The van der Waals surface area contributed by atoms with Gasteiger partial charge >= 0.3 is 234 Å². The van der Waals surface area contributed by atoms with Crippen molar-refractivity contribution in [3.8, 4) is 0 Å². The number of hydrogen-bond acceptors (Lipinski definition) is 12. The van der Waals surface area contributed by atoms with Crippen molar-refractivity contribution in [3.63, 3.8) is 0 Å². The van der Waals surface area contributed by atoms with Crippen LogP contribution in [0.25, 0.3) is 0 Å². The SMILES string of the molecule is CCCCP(c1ccccc1)c1ccccc1.[O-]B([O-])F.[O-]B([O-])F.[O-]B([O-])F.[O-]B([O-])F.[O-]B([O-])F.[O-]B([O-])F.[Rh+].[Rh+].[Rh+].[Rh+].[Rh+].[Rh+].[Rh+].[Rh+].[Rh+].[Rh+].[Rh+].[Rh+]. The molecule has 0 bridgehead atoms. The second kappa shape index (κ2) is 88.9. The molecule has 0 amide bonds. The van der Waals surface area contributed by atoms with Crippen LogP contribution in [0.2, 0.25) is 0 Å². The molecule has 12 nitrogen and oxygen atoms in total. The number of rotatable bonds is 5. The van der Waals surface area contributed by atoms with Gasteiger partial charge in [-0.3, -0.25) is 0 Å². The van der Waals surface area contributed by atoms with Crippen LogP contribution < -0.4 is 70.9 Å². The van der Waals surface area contributed by atoms with Crippen LogP contribution in [0.4, 0.5) is 25.9 Å². The van der Waals surface area contributed by atoms with Crippen molar-refractivity contribution in [1.29, 1.82) is 0 Å². The van der Waals surface area contributed by atoms with Crippen LogP contribution in [0.5, 0.6) is 0 Å². The third-order valence-electron chi connectivity index (χ3n) is 2.87. The van der Waals surface area contributed by atoms with Crippen LogP contribution in [0, 0.1) is 0 Å². The Labute approximate surface area is 462 Å². The first kappa shape index (κ1) is 112. The molecule has 0 spiro atoms. The smallest absolute Gasteiger partial charge is 0.867 e. The molecule has 53 heavy (non-hydrogen) atoms. The maximum atomic E-state index is 9.89. The van der Waals surface area contributed by atoms with Gasteiger partial charge in [-0.15, -0.1) is 0 Å². The molecular formula is C16H19B6F6O12PRh12. The van der Waals surface area contributed by atoms with Crippen molar-refractivity contribution >= 4 is 62.9 Å². The fourth-order valence-corrected chi connectivity index (χ4v) is 4.45. The molecule has 37 heteroatoms. The van der Waals surface area contributed by atoms with Gasteiger partial charge in [0.1, 0.15) is 44.4 Å². The minimum absolute atomic E-state index is 0. The first-order chi connectivity index (χ1) is 18.8. The average molecular weight is 1850 g/mol. The molecule has 0 atom stereocenters. The monoisotopic (exact) mass is 1850 g/mol. The van der Waals surface area contributed by atoms with E-state index in [9.17, 15) is 25.9 Å². The van der Waals surface area contributed by atoms with Gasteiger partial charge in [-0.25, -0.2) is 0 Å². The van der Waals surface area contributed by atoms with Gasteiger partial charge in [-0.2, -0.15) is 0 Å². The molecule has 0 aliphatic heterocycles. The summed E-state index contributed by atoms with van der Waals surface area (Å²) in [4.78, 5) is 0. The first-order valence-electron chi connectivity index (χ1n) is 10.4. The van der Waals surface area contributed by atoms with E-state index in [0.29, 0.717) is 0 Å². The predicted molar refractivity (Wildman–Crippen MR) is 120 cm³/mol. The van der Waals surface area contributed by atoms with Crippen LogP contribution in [0.3, 0.4) is 0 Å². The maximum absolute atomic E-state index is 9.89. The molecule has 328 valence electrons. The van der Waals surface area contributed by atoms with Crippen LogP contribution in [-0.2, 0) is 234 Å². The molecule has 0 heterocycles. The summed E-state index contributed by atoms with van der Waals surface area (Å²) in [5.41, 5.74) is 0. The Hall–Kier alpha value is 5.84. The van der Waals surface area contributed by atoms with E-state index in [1.54, 1.807) is 0 Å². The fraction of sp³-hybridized carbons (Fsp3) is 0.250. The van der Waals surface area contributed by atoms with Crippen LogP contribution in [0.1, 0.15) is 19.8 Å². The molecule has 0 fully saturated rings. The van der Waals surface area contributed by atoms with Crippen LogP contribution in [0.15, 0.2) is 60.7 Å². The van der Waals surface area contributed by atoms with E-state index in [-0.39, 0.29) is 242 Å². The van der Waals surface area contributed by atoms with E-state index in [0.717, 1.165) is 0 Å². The number of benzene rings is 2. The van der Waals surface area contributed by atoms with Gasteiger partial charge in [0.2, 0.25) is 0 Å². The zero-order chi connectivity index (χ0) is 33.4. The molecule has 0 saturated carbocycles. The molecule has 0 radical (unpaired) electrons. The van der Waals surface area contributed by atoms with Crippen molar-refractivity contribution in [2.45, 2.75) is 19.8 Å². The molecule has 2 aromatic rings. The first-order valence-corrected chi connectivity index (χ1v) is 12.0. The molecule has 0 saturated heterocycles. The number of halogens is 6. The summed E-state index contributed by atoms with van der Waals surface area (Å²) >= 11 is 0. The van der Waals surface area contributed by atoms with Gasteiger partial charge in [0.05, 0.1) is 0 Å². The summed E-state index contributed by atoms with van der Waals surface area (Å²) in [6.07, 6.45) is 3.90. The van der Waals surface area contributed by atoms with Gasteiger partial charge in [-0.1, -0.05) is 74.0 Å². The minimum Gasteiger partial charge on any atom is -0.867 e. The van der Waals surface area contributed by atoms with Gasteiger partial charge in [-0.05, 0) is 31.1 Å². The van der Waals surface area contributed by atoms with E-state index >= 15 is 0 Å². The molecule has 0 aliphatic rings. The summed E-state index contributed by atoms with van der Waals surface area (Å²) in [5, 5.41) is 103. The summed E-state index contributed by atoms with van der Waals surface area (Å²) < 4.78 is 59.3. The molecular weight excluding hydrogens is 1830 g/mol. The van der Waals surface area contributed by atoms with Gasteiger partial charge in [0, 0.05) is 0 Å². The third-order valence-corrected chi connectivity index (χ3v) is 5.48. The Morgan fingerprint density at radius 2 is 0.528 bits per heavy atom. The standard InChI is InChI=1S/C16H19P.6BFO2.12Rh/c1-2-3-14-17(15-10-6-4-7-11-15)16-12-8-5-9-13-16;6*2-1(3)4;;;;;;;;;;;;/h4-13H,2-3,14H2,1H3;;;;;;;;;;;;;;;;;;/q;6*-2;12*+1. The minimum atomic E-state index is -3.17. The second-order valence-electron chi connectivity index (χ2n) is 5.82. The number of hydrogen-bond donors (Lipinski definition) is 0. The van der Waals surface area contributed by atoms with Crippen molar-refractivity contribution in [3.05, 3.63) is 60.7 Å². The van der Waals surface area contributed by atoms with Crippen LogP contribution in [-0.4, -0.2) is 50.5 Å². The van der Waals surface area contributed by atoms with Crippen molar-refractivity contribution in [2.24, 2.45) is 0 Å². The Bertz CT molecular complexity index is 682. The number of unbranched alkanes of at least 4 members (excludes halogenated alkanes) is 1. The van der Waals surface area contributed by atoms with Gasteiger partial charge in [0.25, 0.3) is 0 Å². The van der Waals surface area contributed by atoms with Crippen molar-refractivity contribution in [2.75, 3.05) is 6.16 Å². The Balaban J connectivity index is -0.0000000208. The Kier molecular flexibility index (Phi) is 189. The van der Waals surface area contributed by atoms with Crippen molar-refractivity contribution in [1.82, 2.24) is 0 Å². The molecule has 2 aromatic carbocycles. The van der Waals surface area contributed by atoms with Crippen LogP contribution >= 0.6 is 7.92 Å². The van der Waals surface area contributed by atoms with E-state index in [2.05, 4.69) is 67.6 Å². The van der Waals surface area contributed by atoms with Crippen molar-refractivity contribution < 1.29 is 320 Å². The van der Waals surface area contributed by atoms with Gasteiger partial charge in [0.15, 0.2) is 0 Å². The van der Waals surface area contributed by atoms with E-state index in [1.165, 1.54) is 29.6 Å². The fourth-order valence-electron chi connectivity index (χ4n) is 1.94. The maximum Gasteiger partial charge on any atom is 1.00 e. The quantitative estimate of drug-likeness (QED) is 0.153. The van der Waals surface area contributed by atoms with E-state index in [4.69, 9.17) is 60.3 Å². The van der Waals surface area contributed by atoms with E-state index < -0.39 is 44.4 Å². The Morgan fingerprint density at radius 3 is 0.660 bits per heavy atom.